The van der Waals surface area contributed by atoms with E-state index in [9.17, 15) is 9.90 Å². The third-order valence-corrected chi connectivity index (χ3v) is 4.13. The molecule has 0 bridgehead atoms. The van der Waals surface area contributed by atoms with Crippen molar-refractivity contribution >= 4 is 12.0 Å². The van der Waals surface area contributed by atoms with E-state index in [1.54, 1.807) is 18.2 Å². The van der Waals surface area contributed by atoms with Gasteiger partial charge in [-0.2, -0.15) is 0 Å². The lowest BCUT2D eigenvalue weighted by Crippen LogP contribution is -2.18. The quantitative estimate of drug-likeness (QED) is 0.444. The van der Waals surface area contributed by atoms with Gasteiger partial charge in [-0.05, 0) is 34.6 Å². The van der Waals surface area contributed by atoms with Crippen LogP contribution >= 0.6 is 0 Å². The molecule has 0 saturated heterocycles. The zero-order valence-corrected chi connectivity index (χ0v) is 16.5. The minimum atomic E-state index is -0.445. The van der Waals surface area contributed by atoms with Crippen LogP contribution < -0.4 is 4.74 Å². The molecule has 0 unspecified atom stereocenters. The van der Waals surface area contributed by atoms with Crippen molar-refractivity contribution in [3.05, 3.63) is 65.2 Å². The number of phenols is 1. The summed E-state index contributed by atoms with van der Waals surface area (Å²) in [7, 11) is 0. The Hall–Kier alpha value is -2.55. The second kappa shape index (κ2) is 7.36. The highest BCUT2D eigenvalue weighted by Crippen LogP contribution is 2.41. The first-order chi connectivity index (χ1) is 12.0. The van der Waals surface area contributed by atoms with Crippen LogP contribution in [0.5, 0.6) is 11.5 Å². The topological polar surface area (TPSA) is 46.5 Å². The Morgan fingerprint density at radius 2 is 1.42 bits per heavy atom. The van der Waals surface area contributed by atoms with Gasteiger partial charge in [-0.1, -0.05) is 71.9 Å². The minimum absolute atomic E-state index is 0.268. The maximum absolute atomic E-state index is 12.2. The summed E-state index contributed by atoms with van der Waals surface area (Å²) < 4.78 is 5.53. The van der Waals surface area contributed by atoms with E-state index >= 15 is 0 Å². The molecular formula is C23H28O3. The summed E-state index contributed by atoms with van der Waals surface area (Å²) in [5.74, 6) is 0.268. The van der Waals surface area contributed by atoms with Crippen LogP contribution in [0.15, 0.2) is 48.5 Å². The molecule has 3 nitrogen and oxygen atoms in total. The van der Waals surface area contributed by atoms with Gasteiger partial charge in [-0.25, -0.2) is 4.79 Å². The molecule has 0 heterocycles. The van der Waals surface area contributed by atoms with Gasteiger partial charge >= 0.3 is 5.97 Å². The molecule has 0 radical (unpaired) electrons. The van der Waals surface area contributed by atoms with E-state index in [1.165, 1.54) is 6.08 Å². The summed E-state index contributed by atoms with van der Waals surface area (Å²) in [6.45, 7) is 12.1. The van der Waals surface area contributed by atoms with Gasteiger partial charge in [0.15, 0.2) is 0 Å². The standard InChI is InChI=1S/C23H28O3/c1-22(2,3)18-14-17(15-19(21(18)25)23(4,5)6)26-20(24)13-12-16-10-8-7-9-11-16/h7-15,25H,1-6H3. The fourth-order valence-corrected chi connectivity index (χ4v) is 2.69. The second-order valence-electron chi connectivity index (χ2n) is 8.53. The number of carbonyl (C=O) groups excluding carboxylic acids is 1. The average molecular weight is 352 g/mol. The molecule has 1 N–H and O–H groups in total. The van der Waals surface area contributed by atoms with Crippen molar-refractivity contribution < 1.29 is 14.6 Å². The van der Waals surface area contributed by atoms with Crippen LogP contribution in [-0.2, 0) is 15.6 Å². The largest absolute Gasteiger partial charge is 0.507 e. The molecule has 26 heavy (non-hydrogen) atoms. The van der Waals surface area contributed by atoms with Gasteiger partial charge in [-0.3, -0.25) is 0 Å². The molecule has 2 aromatic carbocycles. The number of phenolic OH excluding ortho intramolecular Hbond substituents is 1. The van der Waals surface area contributed by atoms with Crippen molar-refractivity contribution in [1.29, 1.82) is 0 Å². The minimum Gasteiger partial charge on any atom is -0.507 e. The van der Waals surface area contributed by atoms with E-state index in [-0.39, 0.29) is 16.6 Å². The lowest BCUT2D eigenvalue weighted by Gasteiger charge is -2.27. The second-order valence-corrected chi connectivity index (χ2v) is 8.53. The van der Waals surface area contributed by atoms with E-state index in [0.29, 0.717) is 5.75 Å². The fraction of sp³-hybridized carbons (Fsp3) is 0.348. The van der Waals surface area contributed by atoms with E-state index < -0.39 is 5.97 Å². The zero-order valence-electron chi connectivity index (χ0n) is 16.5. The smallest absolute Gasteiger partial charge is 0.336 e. The maximum atomic E-state index is 12.2. The van der Waals surface area contributed by atoms with Crippen LogP contribution in [0.25, 0.3) is 6.08 Å². The molecule has 0 aliphatic carbocycles. The van der Waals surface area contributed by atoms with Crippen LogP contribution in [0.3, 0.4) is 0 Å². The molecule has 0 aromatic heterocycles. The Morgan fingerprint density at radius 3 is 1.88 bits per heavy atom. The van der Waals surface area contributed by atoms with Gasteiger partial charge in [0.05, 0.1) is 0 Å². The molecular weight excluding hydrogens is 324 g/mol. The predicted molar refractivity (Wildman–Crippen MR) is 107 cm³/mol. The summed E-state index contributed by atoms with van der Waals surface area (Å²) in [5, 5.41) is 10.7. The lowest BCUT2D eigenvalue weighted by molar-refractivity contribution is -0.128. The van der Waals surface area contributed by atoms with E-state index in [1.807, 2.05) is 71.9 Å². The first kappa shape index (κ1) is 19.8. The first-order valence-electron chi connectivity index (χ1n) is 8.81. The summed E-state index contributed by atoms with van der Waals surface area (Å²) in [6.07, 6.45) is 3.13. The van der Waals surface area contributed by atoms with Crippen molar-refractivity contribution in [3.63, 3.8) is 0 Å². The van der Waals surface area contributed by atoms with Gasteiger partial charge in [0.25, 0.3) is 0 Å². The zero-order chi connectivity index (χ0) is 19.5. The average Bonchev–Trinajstić information content (AvgIpc) is 2.53. The normalized spacial score (nSPS) is 12.4. The molecule has 0 saturated carbocycles. The van der Waals surface area contributed by atoms with Crippen molar-refractivity contribution in [1.82, 2.24) is 0 Å². The third kappa shape index (κ3) is 4.98. The SMILES string of the molecule is CC(C)(C)c1cc(OC(=O)C=Cc2ccccc2)cc(C(C)(C)C)c1O. The molecule has 0 spiro atoms. The van der Waals surface area contributed by atoms with Gasteiger partial charge < -0.3 is 9.84 Å². The van der Waals surface area contributed by atoms with Gasteiger partial charge in [0.2, 0.25) is 0 Å². The molecule has 138 valence electrons. The molecule has 3 heteroatoms. The predicted octanol–water partition coefficient (Wildman–Crippen LogP) is 5.61. The van der Waals surface area contributed by atoms with Crippen molar-refractivity contribution in [2.45, 2.75) is 52.4 Å². The van der Waals surface area contributed by atoms with Crippen LogP contribution in [-0.4, -0.2) is 11.1 Å². The van der Waals surface area contributed by atoms with Crippen molar-refractivity contribution in [2.24, 2.45) is 0 Å². The first-order valence-corrected chi connectivity index (χ1v) is 8.81. The Bertz CT molecular complexity index is 769. The highest BCUT2D eigenvalue weighted by atomic mass is 16.5. The molecule has 0 fully saturated rings. The third-order valence-electron chi connectivity index (χ3n) is 4.13. The lowest BCUT2D eigenvalue weighted by atomic mass is 9.79. The maximum Gasteiger partial charge on any atom is 0.336 e. The van der Waals surface area contributed by atoms with E-state index in [0.717, 1.165) is 16.7 Å². The van der Waals surface area contributed by atoms with Gasteiger partial charge in [0, 0.05) is 17.2 Å². The van der Waals surface area contributed by atoms with Crippen LogP contribution in [0.2, 0.25) is 0 Å². The summed E-state index contributed by atoms with van der Waals surface area (Å²) in [6, 6.07) is 13.1. The summed E-state index contributed by atoms with van der Waals surface area (Å²) >= 11 is 0. The Balaban J connectivity index is 2.34. The number of benzene rings is 2. The number of esters is 1. The Kier molecular flexibility index (Phi) is 5.60. The van der Waals surface area contributed by atoms with Crippen molar-refractivity contribution in [2.75, 3.05) is 0 Å². The Morgan fingerprint density at radius 1 is 0.923 bits per heavy atom. The number of rotatable bonds is 3. The number of carbonyl (C=O) groups is 1. The monoisotopic (exact) mass is 352 g/mol. The number of aromatic hydroxyl groups is 1. The highest BCUT2D eigenvalue weighted by Gasteiger charge is 2.27. The number of hydrogen-bond donors (Lipinski definition) is 1. The van der Waals surface area contributed by atoms with Gasteiger partial charge in [0.1, 0.15) is 11.5 Å². The van der Waals surface area contributed by atoms with Crippen molar-refractivity contribution in [3.8, 4) is 11.5 Å². The van der Waals surface area contributed by atoms with Gasteiger partial charge in [-0.15, -0.1) is 0 Å². The summed E-state index contributed by atoms with van der Waals surface area (Å²) in [4.78, 5) is 12.2. The Labute approximate surface area is 156 Å². The van der Waals surface area contributed by atoms with E-state index in [2.05, 4.69) is 0 Å². The number of ether oxygens (including phenoxy) is 1. The van der Waals surface area contributed by atoms with E-state index in [4.69, 9.17) is 4.74 Å². The van der Waals surface area contributed by atoms with Crippen LogP contribution in [0.1, 0.15) is 58.2 Å². The number of hydrogen-bond acceptors (Lipinski definition) is 3. The molecule has 0 aliphatic heterocycles. The molecule has 0 aliphatic rings. The van der Waals surface area contributed by atoms with Crippen LogP contribution in [0.4, 0.5) is 0 Å². The highest BCUT2D eigenvalue weighted by molar-refractivity contribution is 5.88. The fourth-order valence-electron chi connectivity index (χ4n) is 2.69. The molecule has 0 atom stereocenters. The summed E-state index contributed by atoms with van der Waals surface area (Å²) in [5.41, 5.74) is 1.92. The molecule has 2 rings (SSSR count). The molecule has 0 amide bonds. The molecule has 2 aromatic rings. The van der Waals surface area contributed by atoms with Crippen LogP contribution in [0, 0.1) is 0 Å².